The van der Waals surface area contributed by atoms with Gasteiger partial charge in [-0.05, 0) is 30.4 Å². The fourth-order valence-electron chi connectivity index (χ4n) is 1.49. The highest BCUT2D eigenvalue weighted by molar-refractivity contribution is 5.84. The summed E-state index contributed by atoms with van der Waals surface area (Å²) in [5.74, 6) is 5.91. The van der Waals surface area contributed by atoms with Crippen LogP contribution in [0.2, 0.25) is 0 Å². The Morgan fingerprint density at radius 3 is 2.85 bits per heavy atom. The molecule has 1 fully saturated rings. The minimum atomic E-state index is 0.333. The zero-order valence-electron chi connectivity index (χ0n) is 7.27. The molecule has 0 aliphatic heterocycles. The summed E-state index contributed by atoms with van der Waals surface area (Å²) in [6, 6.07) is 5.68. The van der Waals surface area contributed by atoms with E-state index in [1.165, 1.54) is 19.1 Å². The molecule has 0 radical (unpaired) electrons. The summed E-state index contributed by atoms with van der Waals surface area (Å²) < 4.78 is 0. The molecule has 3 heteroatoms. The van der Waals surface area contributed by atoms with Gasteiger partial charge in [0, 0.05) is 5.56 Å². The van der Waals surface area contributed by atoms with Crippen LogP contribution in [0.15, 0.2) is 23.3 Å². The molecule has 0 heterocycles. The van der Waals surface area contributed by atoms with E-state index in [9.17, 15) is 5.11 Å². The van der Waals surface area contributed by atoms with Gasteiger partial charge in [-0.3, -0.25) is 0 Å². The first kappa shape index (κ1) is 8.10. The zero-order chi connectivity index (χ0) is 9.26. The highest BCUT2D eigenvalue weighted by Gasteiger charge is 2.26. The SMILES string of the molecule is NN=Cc1cccc(C2CC2)c1O. The Balaban J connectivity index is 2.41. The maximum absolute atomic E-state index is 9.78. The minimum absolute atomic E-state index is 0.333. The van der Waals surface area contributed by atoms with E-state index in [0.717, 1.165) is 5.56 Å². The van der Waals surface area contributed by atoms with Gasteiger partial charge in [0.15, 0.2) is 0 Å². The summed E-state index contributed by atoms with van der Waals surface area (Å²) in [4.78, 5) is 0. The molecule has 0 saturated heterocycles. The number of phenolic OH excluding ortho intramolecular Hbond substituents is 1. The molecule has 1 aromatic rings. The summed E-state index contributed by atoms with van der Waals surface area (Å²) in [5, 5.41) is 13.2. The number of phenols is 1. The second-order valence-corrected chi connectivity index (χ2v) is 3.34. The molecule has 68 valence electrons. The van der Waals surface area contributed by atoms with Gasteiger partial charge in [0.2, 0.25) is 0 Å². The number of para-hydroxylation sites is 1. The quantitative estimate of drug-likeness (QED) is 0.408. The Kier molecular flexibility index (Phi) is 1.93. The second kappa shape index (κ2) is 3.09. The average molecular weight is 176 g/mol. The molecule has 3 nitrogen and oxygen atoms in total. The number of rotatable bonds is 2. The molecule has 2 rings (SSSR count). The Hall–Kier alpha value is -1.51. The summed E-state index contributed by atoms with van der Waals surface area (Å²) >= 11 is 0. The van der Waals surface area contributed by atoms with Crippen molar-refractivity contribution >= 4 is 6.21 Å². The van der Waals surface area contributed by atoms with Crippen LogP contribution in [0.4, 0.5) is 0 Å². The first-order chi connectivity index (χ1) is 6.33. The third kappa shape index (κ3) is 1.49. The Morgan fingerprint density at radius 2 is 2.23 bits per heavy atom. The van der Waals surface area contributed by atoms with Crippen LogP contribution in [0.5, 0.6) is 5.75 Å². The molecule has 1 aromatic carbocycles. The van der Waals surface area contributed by atoms with Crippen LogP contribution in [-0.2, 0) is 0 Å². The maximum Gasteiger partial charge on any atom is 0.127 e. The molecule has 1 aliphatic carbocycles. The van der Waals surface area contributed by atoms with E-state index in [0.29, 0.717) is 17.2 Å². The predicted molar refractivity (Wildman–Crippen MR) is 51.9 cm³/mol. The van der Waals surface area contributed by atoms with Gasteiger partial charge in [-0.1, -0.05) is 12.1 Å². The molecule has 0 spiro atoms. The van der Waals surface area contributed by atoms with Crippen LogP contribution in [0.1, 0.15) is 29.9 Å². The molecule has 0 bridgehead atoms. The van der Waals surface area contributed by atoms with Gasteiger partial charge >= 0.3 is 0 Å². The van der Waals surface area contributed by atoms with E-state index >= 15 is 0 Å². The fourth-order valence-corrected chi connectivity index (χ4v) is 1.49. The lowest BCUT2D eigenvalue weighted by molar-refractivity contribution is 0.467. The van der Waals surface area contributed by atoms with Crippen LogP contribution in [0.3, 0.4) is 0 Å². The van der Waals surface area contributed by atoms with Gasteiger partial charge in [0.05, 0.1) is 6.21 Å². The first-order valence-electron chi connectivity index (χ1n) is 4.38. The number of benzene rings is 1. The second-order valence-electron chi connectivity index (χ2n) is 3.34. The van der Waals surface area contributed by atoms with Gasteiger partial charge in [-0.25, -0.2) is 0 Å². The lowest BCUT2D eigenvalue weighted by atomic mass is 10.1. The number of hydrazone groups is 1. The average Bonchev–Trinajstić information content (AvgIpc) is 2.92. The molecular weight excluding hydrogens is 164 g/mol. The van der Waals surface area contributed by atoms with Gasteiger partial charge in [-0.15, -0.1) is 0 Å². The van der Waals surface area contributed by atoms with Crippen LogP contribution < -0.4 is 5.84 Å². The van der Waals surface area contributed by atoms with Crippen LogP contribution in [0.25, 0.3) is 0 Å². The van der Waals surface area contributed by atoms with Gasteiger partial charge < -0.3 is 10.9 Å². The number of aromatic hydroxyl groups is 1. The first-order valence-corrected chi connectivity index (χ1v) is 4.38. The van der Waals surface area contributed by atoms with E-state index in [1.807, 2.05) is 12.1 Å². The Bertz CT molecular complexity index is 343. The summed E-state index contributed by atoms with van der Waals surface area (Å²) in [6.45, 7) is 0. The lowest BCUT2D eigenvalue weighted by Gasteiger charge is -2.04. The number of nitrogens with two attached hydrogens (primary N) is 1. The largest absolute Gasteiger partial charge is 0.507 e. The summed E-state index contributed by atoms with van der Waals surface area (Å²) in [6.07, 6.45) is 3.83. The monoisotopic (exact) mass is 176 g/mol. The van der Waals surface area contributed by atoms with Gasteiger partial charge in [0.1, 0.15) is 5.75 Å². The summed E-state index contributed by atoms with van der Waals surface area (Å²) in [7, 11) is 0. The van der Waals surface area contributed by atoms with Crippen molar-refractivity contribution in [3.05, 3.63) is 29.3 Å². The molecule has 1 saturated carbocycles. The van der Waals surface area contributed by atoms with Gasteiger partial charge in [-0.2, -0.15) is 5.10 Å². The third-order valence-corrected chi connectivity index (χ3v) is 2.33. The van der Waals surface area contributed by atoms with Crippen molar-refractivity contribution < 1.29 is 5.11 Å². The predicted octanol–water partition coefficient (Wildman–Crippen LogP) is 1.56. The van der Waals surface area contributed by atoms with E-state index in [-0.39, 0.29) is 0 Å². The van der Waals surface area contributed by atoms with Crippen LogP contribution >= 0.6 is 0 Å². The van der Waals surface area contributed by atoms with Crippen LogP contribution in [0, 0.1) is 0 Å². The Morgan fingerprint density at radius 1 is 1.46 bits per heavy atom. The third-order valence-electron chi connectivity index (χ3n) is 2.33. The fraction of sp³-hybridized carbons (Fsp3) is 0.300. The molecule has 1 aliphatic rings. The van der Waals surface area contributed by atoms with Crippen molar-refractivity contribution in [3.63, 3.8) is 0 Å². The highest BCUT2D eigenvalue weighted by atomic mass is 16.3. The number of hydrogen-bond donors (Lipinski definition) is 2. The standard InChI is InChI=1S/C10H12N2O/c11-12-6-8-2-1-3-9(10(8)13)7-4-5-7/h1-3,6-7,13H,4-5,11H2. The Labute approximate surface area is 76.9 Å². The van der Waals surface area contributed by atoms with E-state index < -0.39 is 0 Å². The molecular formula is C10H12N2O. The van der Waals surface area contributed by atoms with E-state index in [2.05, 4.69) is 5.10 Å². The van der Waals surface area contributed by atoms with E-state index in [4.69, 9.17) is 5.84 Å². The highest BCUT2D eigenvalue weighted by Crippen LogP contribution is 2.44. The van der Waals surface area contributed by atoms with Crippen molar-refractivity contribution in [1.29, 1.82) is 0 Å². The van der Waals surface area contributed by atoms with Crippen LogP contribution in [-0.4, -0.2) is 11.3 Å². The molecule has 0 aromatic heterocycles. The normalized spacial score (nSPS) is 16.6. The molecule has 0 amide bonds. The smallest absolute Gasteiger partial charge is 0.127 e. The lowest BCUT2D eigenvalue weighted by Crippen LogP contribution is -1.90. The molecule has 0 unspecified atom stereocenters. The van der Waals surface area contributed by atoms with Gasteiger partial charge in [0.25, 0.3) is 0 Å². The summed E-state index contributed by atoms with van der Waals surface area (Å²) in [5.41, 5.74) is 1.73. The maximum atomic E-state index is 9.78. The molecule has 3 N–H and O–H groups in total. The van der Waals surface area contributed by atoms with Crippen molar-refractivity contribution in [2.45, 2.75) is 18.8 Å². The molecule has 0 atom stereocenters. The zero-order valence-corrected chi connectivity index (χ0v) is 7.27. The van der Waals surface area contributed by atoms with Crippen molar-refractivity contribution in [2.24, 2.45) is 10.9 Å². The number of hydrogen-bond acceptors (Lipinski definition) is 3. The van der Waals surface area contributed by atoms with Crippen molar-refractivity contribution in [3.8, 4) is 5.75 Å². The topological polar surface area (TPSA) is 58.6 Å². The molecule has 13 heavy (non-hydrogen) atoms. The van der Waals surface area contributed by atoms with E-state index in [1.54, 1.807) is 6.07 Å². The minimum Gasteiger partial charge on any atom is -0.507 e. The van der Waals surface area contributed by atoms with Crippen molar-refractivity contribution in [1.82, 2.24) is 0 Å². The van der Waals surface area contributed by atoms with Crippen molar-refractivity contribution in [2.75, 3.05) is 0 Å². The number of nitrogens with zero attached hydrogens (tertiary/aromatic N) is 1.